The Morgan fingerprint density at radius 3 is 2.50 bits per heavy atom. The highest BCUT2D eigenvalue weighted by molar-refractivity contribution is 6.12. The Balaban J connectivity index is 1.84. The molecule has 0 radical (unpaired) electrons. The summed E-state index contributed by atoms with van der Waals surface area (Å²) in [5, 5.41) is 0. The van der Waals surface area contributed by atoms with Crippen LogP contribution in [0.4, 0.5) is 0 Å². The number of esters is 1. The lowest BCUT2D eigenvalue weighted by atomic mass is 10.2. The van der Waals surface area contributed by atoms with Gasteiger partial charge in [-0.15, -0.1) is 0 Å². The fraction of sp³-hybridized carbons (Fsp3) is 0.111. The molecule has 110 valence electrons. The number of rotatable bonds is 4. The minimum absolute atomic E-state index is 0.294. The van der Waals surface area contributed by atoms with Gasteiger partial charge in [-0.3, -0.25) is 0 Å². The molecule has 0 aromatic heterocycles. The van der Waals surface area contributed by atoms with Gasteiger partial charge in [0.2, 0.25) is 5.90 Å². The zero-order valence-electron chi connectivity index (χ0n) is 12.2. The Labute approximate surface area is 128 Å². The van der Waals surface area contributed by atoms with Gasteiger partial charge in [0, 0.05) is 5.56 Å². The number of cyclic esters (lactones) is 1. The molecule has 1 aliphatic rings. The fourth-order valence-corrected chi connectivity index (χ4v) is 2.10. The van der Waals surface area contributed by atoms with Crippen LogP contribution in [-0.4, -0.2) is 18.5 Å². The molecule has 0 bridgehead atoms. The lowest BCUT2D eigenvalue weighted by molar-refractivity contribution is -0.129. The summed E-state index contributed by atoms with van der Waals surface area (Å²) < 4.78 is 10.6. The zero-order valence-corrected chi connectivity index (χ0v) is 12.2. The van der Waals surface area contributed by atoms with E-state index >= 15 is 0 Å². The van der Waals surface area contributed by atoms with Crippen LogP contribution >= 0.6 is 0 Å². The summed E-state index contributed by atoms with van der Waals surface area (Å²) in [4.78, 5) is 16.2. The van der Waals surface area contributed by atoms with Gasteiger partial charge in [0.15, 0.2) is 5.70 Å². The number of carbonyl (C=O) groups excluding carboxylic acids is 1. The zero-order chi connectivity index (χ0) is 15.4. The molecule has 4 nitrogen and oxygen atoms in total. The lowest BCUT2D eigenvalue weighted by Gasteiger charge is -2.02. The number of hydrogen-bond acceptors (Lipinski definition) is 4. The van der Waals surface area contributed by atoms with E-state index in [1.807, 2.05) is 61.5 Å². The summed E-state index contributed by atoms with van der Waals surface area (Å²) in [7, 11) is 0. The first kappa shape index (κ1) is 14.1. The first-order chi connectivity index (χ1) is 10.8. The Bertz CT molecular complexity index is 731. The number of benzene rings is 2. The largest absolute Gasteiger partial charge is 0.494 e. The maximum Gasteiger partial charge on any atom is 0.363 e. The van der Waals surface area contributed by atoms with E-state index < -0.39 is 5.97 Å². The molecule has 0 N–H and O–H groups in total. The molecular formula is C18H15NO3. The van der Waals surface area contributed by atoms with E-state index in [0.717, 1.165) is 16.9 Å². The van der Waals surface area contributed by atoms with E-state index in [-0.39, 0.29) is 0 Å². The van der Waals surface area contributed by atoms with Crippen molar-refractivity contribution in [1.29, 1.82) is 0 Å². The van der Waals surface area contributed by atoms with Crippen molar-refractivity contribution in [2.75, 3.05) is 6.61 Å². The number of carbonyl (C=O) groups is 1. The summed E-state index contributed by atoms with van der Waals surface area (Å²) in [6.07, 6.45) is 1.70. The smallest absolute Gasteiger partial charge is 0.363 e. The van der Waals surface area contributed by atoms with Crippen LogP contribution in [0.25, 0.3) is 6.08 Å². The molecule has 3 rings (SSSR count). The molecule has 2 aromatic rings. The average molecular weight is 293 g/mol. The van der Waals surface area contributed by atoms with E-state index in [2.05, 4.69) is 4.99 Å². The van der Waals surface area contributed by atoms with Crippen molar-refractivity contribution in [3.05, 3.63) is 71.4 Å². The van der Waals surface area contributed by atoms with Crippen molar-refractivity contribution in [2.45, 2.75) is 6.92 Å². The second-order valence-electron chi connectivity index (χ2n) is 4.70. The maximum absolute atomic E-state index is 11.9. The van der Waals surface area contributed by atoms with E-state index in [1.54, 1.807) is 6.08 Å². The van der Waals surface area contributed by atoms with Crippen molar-refractivity contribution < 1.29 is 14.3 Å². The number of aliphatic imine (C=N–C) groups is 1. The molecule has 0 fully saturated rings. The maximum atomic E-state index is 11.9. The molecule has 22 heavy (non-hydrogen) atoms. The van der Waals surface area contributed by atoms with Crippen LogP contribution in [0.5, 0.6) is 5.75 Å². The third-order valence-electron chi connectivity index (χ3n) is 3.14. The van der Waals surface area contributed by atoms with Gasteiger partial charge in [0.1, 0.15) is 5.75 Å². The monoisotopic (exact) mass is 293 g/mol. The van der Waals surface area contributed by atoms with Crippen LogP contribution in [0.1, 0.15) is 18.1 Å². The second kappa shape index (κ2) is 6.26. The average Bonchev–Trinajstić information content (AvgIpc) is 2.91. The third-order valence-corrected chi connectivity index (χ3v) is 3.14. The number of ether oxygens (including phenoxy) is 2. The van der Waals surface area contributed by atoms with Gasteiger partial charge in [0.25, 0.3) is 0 Å². The lowest BCUT2D eigenvalue weighted by Crippen LogP contribution is -2.04. The van der Waals surface area contributed by atoms with Crippen LogP contribution in [0.15, 0.2) is 65.3 Å². The van der Waals surface area contributed by atoms with Crippen LogP contribution < -0.4 is 4.74 Å². The van der Waals surface area contributed by atoms with Crippen molar-refractivity contribution in [1.82, 2.24) is 0 Å². The van der Waals surface area contributed by atoms with Crippen molar-refractivity contribution in [3.8, 4) is 5.75 Å². The topological polar surface area (TPSA) is 47.9 Å². The summed E-state index contributed by atoms with van der Waals surface area (Å²) in [5.41, 5.74) is 1.95. The normalized spacial score (nSPS) is 15.6. The molecule has 2 aromatic carbocycles. The van der Waals surface area contributed by atoms with E-state index in [1.165, 1.54) is 0 Å². The first-order valence-electron chi connectivity index (χ1n) is 7.07. The van der Waals surface area contributed by atoms with Gasteiger partial charge in [-0.2, -0.15) is 0 Å². The molecule has 0 saturated heterocycles. The van der Waals surface area contributed by atoms with Gasteiger partial charge in [-0.05, 0) is 42.8 Å². The quantitative estimate of drug-likeness (QED) is 0.641. The highest BCUT2D eigenvalue weighted by Crippen LogP contribution is 2.20. The van der Waals surface area contributed by atoms with Gasteiger partial charge in [-0.25, -0.2) is 9.79 Å². The second-order valence-corrected chi connectivity index (χ2v) is 4.70. The molecule has 1 aliphatic heterocycles. The molecule has 0 spiro atoms. The number of hydrogen-bond donors (Lipinski definition) is 0. The minimum Gasteiger partial charge on any atom is -0.494 e. The van der Waals surface area contributed by atoms with Crippen LogP contribution in [0, 0.1) is 0 Å². The predicted molar refractivity (Wildman–Crippen MR) is 84.7 cm³/mol. The molecule has 4 heteroatoms. The highest BCUT2D eigenvalue weighted by Gasteiger charge is 2.23. The third kappa shape index (κ3) is 3.06. The Kier molecular flexibility index (Phi) is 4.01. The number of nitrogens with zero attached hydrogens (tertiary/aromatic N) is 1. The summed E-state index contributed by atoms with van der Waals surface area (Å²) >= 11 is 0. The van der Waals surface area contributed by atoms with Gasteiger partial charge >= 0.3 is 5.97 Å². The van der Waals surface area contributed by atoms with E-state index in [4.69, 9.17) is 9.47 Å². The molecular weight excluding hydrogens is 278 g/mol. The molecule has 0 amide bonds. The summed E-state index contributed by atoms with van der Waals surface area (Å²) in [5.74, 6) is 0.697. The minimum atomic E-state index is -0.437. The van der Waals surface area contributed by atoms with Crippen LogP contribution in [-0.2, 0) is 9.53 Å². The highest BCUT2D eigenvalue weighted by atomic mass is 16.6. The Morgan fingerprint density at radius 1 is 1.09 bits per heavy atom. The fourth-order valence-electron chi connectivity index (χ4n) is 2.10. The summed E-state index contributed by atoms with van der Waals surface area (Å²) in [6, 6.07) is 16.8. The van der Waals surface area contributed by atoms with Crippen molar-refractivity contribution in [2.24, 2.45) is 4.99 Å². The Hall–Kier alpha value is -2.88. The molecule has 0 atom stereocenters. The standard InChI is InChI=1S/C18H15NO3/c1-2-21-15-10-8-13(9-11-15)12-16-18(20)22-17(19-16)14-6-4-3-5-7-14/h3-12H,2H2,1H3/b16-12+. The molecule has 0 aliphatic carbocycles. The molecule has 0 unspecified atom stereocenters. The van der Waals surface area contributed by atoms with Gasteiger partial charge in [0.05, 0.1) is 6.61 Å². The first-order valence-corrected chi connectivity index (χ1v) is 7.07. The van der Waals surface area contributed by atoms with E-state index in [9.17, 15) is 4.79 Å². The van der Waals surface area contributed by atoms with Gasteiger partial charge < -0.3 is 9.47 Å². The summed E-state index contributed by atoms with van der Waals surface area (Å²) in [6.45, 7) is 2.56. The molecule has 0 saturated carbocycles. The SMILES string of the molecule is CCOc1ccc(/C=C2/N=C(c3ccccc3)OC2=O)cc1. The van der Waals surface area contributed by atoms with Crippen molar-refractivity contribution >= 4 is 17.9 Å². The Morgan fingerprint density at radius 2 is 1.82 bits per heavy atom. The van der Waals surface area contributed by atoms with Crippen molar-refractivity contribution in [3.63, 3.8) is 0 Å². The molecule has 1 heterocycles. The van der Waals surface area contributed by atoms with Crippen LogP contribution in [0.2, 0.25) is 0 Å². The van der Waals surface area contributed by atoms with E-state index in [0.29, 0.717) is 18.2 Å². The predicted octanol–water partition coefficient (Wildman–Crippen LogP) is 3.43. The van der Waals surface area contributed by atoms with Gasteiger partial charge in [-0.1, -0.05) is 30.3 Å². The van der Waals surface area contributed by atoms with Crippen LogP contribution in [0.3, 0.4) is 0 Å².